The summed E-state index contributed by atoms with van der Waals surface area (Å²) in [4.78, 5) is 29.7. The summed E-state index contributed by atoms with van der Waals surface area (Å²) in [5.74, 6) is 0.940. The zero-order valence-corrected chi connectivity index (χ0v) is 19.2. The number of carbonyl (C=O) groups is 2. The summed E-state index contributed by atoms with van der Waals surface area (Å²) in [5, 5.41) is 0. The highest BCUT2D eigenvalue weighted by Crippen LogP contribution is 2.38. The highest BCUT2D eigenvalue weighted by Gasteiger charge is 2.47. The summed E-state index contributed by atoms with van der Waals surface area (Å²) in [5.41, 5.74) is 2.59. The minimum atomic E-state index is -0.607. The quantitative estimate of drug-likeness (QED) is 0.697. The van der Waals surface area contributed by atoms with Gasteiger partial charge in [-0.15, -0.1) is 0 Å². The van der Waals surface area contributed by atoms with Gasteiger partial charge < -0.3 is 19.3 Å². The number of nitrogens with zero attached hydrogens (tertiary/aromatic N) is 2. The average molecular weight is 437 g/mol. The average Bonchev–Trinajstić information content (AvgIpc) is 3.50. The minimum Gasteiger partial charge on any atom is -0.496 e. The molecule has 6 heteroatoms. The van der Waals surface area contributed by atoms with E-state index in [1.165, 1.54) is 0 Å². The predicted molar refractivity (Wildman–Crippen MR) is 123 cm³/mol. The maximum Gasteiger partial charge on any atom is 0.251 e. The van der Waals surface area contributed by atoms with Crippen molar-refractivity contribution in [2.45, 2.75) is 31.8 Å². The Morgan fingerprint density at radius 3 is 2.56 bits per heavy atom. The van der Waals surface area contributed by atoms with Crippen LogP contribution in [-0.2, 0) is 20.7 Å². The van der Waals surface area contributed by atoms with Crippen molar-refractivity contribution >= 4 is 11.8 Å². The van der Waals surface area contributed by atoms with Crippen molar-refractivity contribution in [3.8, 4) is 16.9 Å². The molecule has 2 fully saturated rings. The first-order valence-electron chi connectivity index (χ1n) is 11.3. The molecule has 4 rings (SSSR count). The summed E-state index contributed by atoms with van der Waals surface area (Å²) in [7, 11) is 5.26. The SMILES string of the molecule is COc1ccccc1-c1ccc(C[C@@]2(C(=O)N(C)C)CCN(C(=O)[C@@H]3CCCO3)C2)cc1. The Morgan fingerprint density at radius 2 is 1.91 bits per heavy atom. The molecule has 0 aliphatic carbocycles. The van der Waals surface area contributed by atoms with Crippen molar-refractivity contribution in [1.82, 2.24) is 9.80 Å². The van der Waals surface area contributed by atoms with Crippen molar-refractivity contribution in [2.24, 2.45) is 5.41 Å². The molecular weight excluding hydrogens is 404 g/mol. The number of ether oxygens (including phenoxy) is 2. The molecule has 0 N–H and O–H groups in total. The van der Waals surface area contributed by atoms with Crippen LogP contribution < -0.4 is 4.74 Å². The summed E-state index contributed by atoms with van der Waals surface area (Å²) >= 11 is 0. The molecule has 0 spiro atoms. The smallest absolute Gasteiger partial charge is 0.251 e. The Hall–Kier alpha value is -2.86. The molecule has 32 heavy (non-hydrogen) atoms. The van der Waals surface area contributed by atoms with Crippen LogP contribution in [0.25, 0.3) is 11.1 Å². The Labute approximate surface area is 190 Å². The third-order valence-corrected chi connectivity index (χ3v) is 6.64. The van der Waals surface area contributed by atoms with Gasteiger partial charge in [-0.05, 0) is 42.9 Å². The van der Waals surface area contributed by atoms with E-state index >= 15 is 0 Å². The Balaban J connectivity index is 1.55. The summed E-state index contributed by atoms with van der Waals surface area (Å²) in [6.45, 7) is 1.68. The molecule has 0 saturated carbocycles. The number of carbonyl (C=O) groups excluding carboxylic acids is 2. The minimum absolute atomic E-state index is 0.0300. The molecule has 2 atom stereocenters. The molecule has 2 heterocycles. The van der Waals surface area contributed by atoms with Crippen LogP contribution in [0.1, 0.15) is 24.8 Å². The topological polar surface area (TPSA) is 59.1 Å². The first kappa shape index (κ1) is 22.3. The van der Waals surface area contributed by atoms with Crippen molar-refractivity contribution in [3.63, 3.8) is 0 Å². The summed E-state index contributed by atoms with van der Waals surface area (Å²) < 4.78 is 11.1. The second kappa shape index (κ2) is 9.33. The van der Waals surface area contributed by atoms with Crippen molar-refractivity contribution in [2.75, 3.05) is 40.9 Å². The van der Waals surface area contributed by atoms with Crippen LogP contribution in [0.5, 0.6) is 5.75 Å². The van der Waals surface area contributed by atoms with Crippen LogP contribution in [-0.4, -0.2) is 68.6 Å². The van der Waals surface area contributed by atoms with E-state index in [1.54, 1.807) is 26.1 Å². The van der Waals surface area contributed by atoms with E-state index in [9.17, 15) is 9.59 Å². The fourth-order valence-corrected chi connectivity index (χ4v) is 4.98. The molecule has 0 aromatic heterocycles. The molecule has 0 bridgehead atoms. The Morgan fingerprint density at radius 1 is 1.16 bits per heavy atom. The zero-order chi connectivity index (χ0) is 22.7. The molecule has 2 aliphatic rings. The number of rotatable bonds is 6. The first-order chi connectivity index (χ1) is 15.4. The number of methoxy groups -OCH3 is 1. The molecule has 0 radical (unpaired) electrons. The highest BCUT2D eigenvalue weighted by molar-refractivity contribution is 5.87. The predicted octanol–water partition coefficient (Wildman–Crippen LogP) is 3.39. The molecular formula is C26H32N2O4. The number of hydrogen-bond acceptors (Lipinski definition) is 4. The molecule has 2 aromatic rings. The Kier molecular flexibility index (Phi) is 6.51. The van der Waals surface area contributed by atoms with Gasteiger partial charge in [0, 0.05) is 39.4 Å². The van der Waals surface area contributed by atoms with Gasteiger partial charge in [0.05, 0.1) is 12.5 Å². The van der Waals surface area contributed by atoms with Crippen molar-refractivity contribution in [3.05, 3.63) is 54.1 Å². The molecule has 0 unspecified atom stereocenters. The monoisotopic (exact) mass is 436 g/mol. The molecule has 2 saturated heterocycles. The number of likely N-dealkylation sites (tertiary alicyclic amines) is 1. The van der Waals surface area contributed by atoms with Crippen LogP contribution in [0.3, 0.4) is 0 Å². The lowest BCUT2D eigenvalue weighted by atomic mass is 9.79. The zero-order valence-electron chi connectivity index (χ0n) is 19.2. The molecule has 170 valence electrons. The van der Waals surface area contributed by atoms with E-state index < -0.39 is 5.41 Å². The number of para-hydroxylation sites is 1. The van der Waals surface area contributed by atoms with Gasteiger partial charge in [0.25, 0.3) is 5.91 Å². The van der Waals surface area contributed by atoms with Gasteiger partial charge >= 0.3 is 0 Å². The van der Waals surface area contributed by atoms with Crippen LogP contribution in [0.4, 0.5) is 0 Å². The van der Waals surface area contributed by atoms with E-state index in [1.807, 2.05) is 29.2 Å². The number of hydrogen-bond donors (Lipinski definition) is 0. The van der Waals surface area contributed by atoms with E-state index in [4.69, 9.17) is 9.47 Å². The fourth-order valence-electron chi connectivity index (χ4n) is 4.98. The van der Waals surface area contributed by atoms with E-state index in [2.05, 4.69) is 24.3 Å². The highest BCUT2D eigenvalue weighted by atomic mass is 16.5. The van der Waals surface area contributed by atoms with E-state index in [-0.39, 0.29) is 17.9 Å². The maximum absolute atomic E-state index is 13.3. The van der Waals surface area contributed by atoms with Gasteiger partial charge in [-0.2, -0.15) is 0 Å². The fraction of sp³-hybridized carbons (Fsp3) is 0.462. The number of amides is 2. The van der Waals surface area contributed by atoms with Gasteiger partial charge in [0.15, 0.2) is 0 Å². The lowest BCUT2D eigenvalue weighted by Crippen LogP contribution is -2.46. The van der Waals surface area contributed by atoms with Crippen LogP contribution in [0, 0.1) is 5.41 Å². The lowest BCUT2D eigenvalue weighted by molar-refractivity contribution is -0.142. The summed E-state index contributed by atoms with van der Waals surface area (Å²) in [6, 6.07) is 16.2. The molecule has 6 nitrogen and oxygen atoms in total. The van der Waals surface area contributed by atoms with Crippen LogP contribution in [0.15, 0.2) is 48.5 Å². The van der Waals surface area contributed by atoms with E-state index in [0.717, 1.165) is 35.3 Å². The van der Waals surface area contributed by atoms with Gasteiger partial charge in [-0.1, -0.05) is 42.5 Å². The standard InChI is InChI=1S/C26H32N2O4/c1-27(2)25(30)26(14-15-28(18-26)24(29)23-9-6-16-32-23)17-19-10-12-20(13-11-19)21-7-4-5-8-22(21)31-3/h4-5,7-8,10-13,23H,6,9,14-18H2,1-3H3/t23-,26-/m0/s1. The first-order valence-corrected chi connectivity index (χ1v) is 11.3. The second-order valence-electron chi connectivity index (χ2n) is 9.07. The Bertz CT molecular complexity index is 966. The maximum atomic E-state index is 13.3. The van der Waals surface area contributed by atoms with Gasteiger partial charge in [0.2, 0.25) is 5.91 Å². The van der Waals surface area contributed by atoms with Crippen molar-refractivity contribution < 1.29 is 19.1 Å². The van der Waals surface area contributed by atoms with Gasteiger partial charge in [-0.25, -0.2) is 0 Å². The summed E-state index contributed by atoms with van der Waals surface area (Å²) in [6.07, 6.45) is 2.61. The normalized spacial score (nSPS) is 22.7. The third-order valence-electron chi connectivity index (χ3n) is 6.64. The second-order valence-corrected chi connectivity index (χ2v) is 9.07. The molecule has 2 aromatic carbocycles. The molecule has 2 amide bonds. The van der Waals surface area contributed by atoms with E-state index in [0.29, 0.717) is 32.5 Å². The number of benzene rings is 2. The van der Waals surface area contributed by atoms with Crippen LogP contribution >= 0.6 is 0 Å². The van der Waals surface area contributed by atoms with Crippen molar-refractivity contribution in [1.29, 1.82) is 0 Å². The largest absolute Gasteiger partial charge is 0.496 e. The lowest BCUT2D eigenvalue weighted by Gasteiger charge is -2.31. The van der Waals surface area contributed by atoms with Gasteiger partial charge in [-0.3, -0.25) is 9.59 Å². The third kappa shape index (κ3) is 4.37. The molecule has 2 aliphatic heterocycles. The van der Waals surface area contributed by atoms with Gasteiger partial charge in [0.1, 0.15) is 11.9 Å². The van der Waals surface area contributed by atoms with Crippen LogP contribution in [0.2, 0.25) is 0 Å².